The van der Waals surface area contributed by atoms with E-state index >= 15 is 0 Å². The lowest BCUT2D eigenvalue weighted by molar-refractivity contribution is -0.923. The smallest absolute Gasteiger partial charge is 0.104 e. The summed E-state index contributed by atoms with van der Waals surface area (Å²) in [6, 6.07) is 11.0. The van der Waals surface area contributed by atoms with Crippen molar-refractivity contribution in [3.63, 3.8) is 0 Å². The Labute approximate surface area is 145 Å². The molecule has 0 unspecified atom stereocenters. The fraction of sp³-hybridized carbons (Fsp3) is 0.700. The molecule has 0 aliphatic heterocycles. The van der Waals surface area contributed by atoms with Gasteiger partial charge < -0.3 is 16.9 Å². The van der Waals surface area contributed by atoms with E-state index in [1.54, 1.807) is 0 Å². The van der Waals surface area contributed by atoms with Gasteiger partial charge in [0, 0.05) is 5.56 Å². The van der Waals surface area contributed by atoms with Crippen molar-refractivity contribution < 1.29 is 16.9 Å². The predicted molar refractivity (Wildman–Crippen MR) is 94.3 cm³/mol. The highest BCUT2D eigenvalue weighted by molar-refractivity contribution is 5.13. The van der Waals surface area contributed by atoms with E-state index < -0.39 is 0 Å². The van der Waals surface area contributed by atoms with Crippen LogP contribution >= 0.6 is 0 Å². The van der Waals surface area contributed by atoms with Gasteiger partial charge in [-0.3, -0.25) is 0 Å². The molecule has 1 nitrogen and oxygen atoms in total. The first-order valence-electron chi connectivity index (χ1n) is 9.07. The van der Waals surface area contributed by atoms with Crippen LogP contribution in [0.4, 0.5) is 0 Å². The summed E-state index contributed by atoms with van der Waals surface area (Å²) < 4.78 is 1.22. The van der Waals surface area contributed by atoms with Crippen LogP contribution in [0.5, 0.6) is 0 Å². The van der Waals surface area contributed by atoms with Crippen LogP contribution in [0.2, 0.25) is 0 Å². The topological polar surface area (TPSA) is 0 Å². The highest BCUT2D eigenvalue weighted by Crippen LogP contribution is 2.16. The summed E-state index contributed by atoms with van der Waals surface area (Å²) in [5.74, 6) is 0. The van der Waals surface area contributed by atoms with E-state index in [2.05, 4.69) is 51.2 Å². The predicted octanol–water partition coefficient (Wildman–Crippen LogP) is 2.80. The zero-order valence-corrected chi connectivity index (χ0v) is 15.7. The molecule has 0 bridgehead atoms. The molecule has 2 heteroatoms. The molecule has 1 aromatic rings. The molecule has 22 heavy (non-hydrogen) atoms. The molecule has 0 radical (unpaired) electrons. The molecule has 0 saturated heterocycles. The first-order valence-corrected chi connectivity index (χ1v) is 9.07. The van der Waals surface area contributed by atoms with Gasteiger partial charge in [0.15, 0.2) is 0 Å². The number of halogens is 1. The number of benzene rings is 1. The lowest BCUT2D eigenvalue weighted by Crippen LogP contribution is -3.00. The third kappa shape index (κ3) is 9.48. The van der Waals surface area contributed by atoms with Gasteiger partial charge in [-0.05, 0) is 25.7 Å². The minimum absolute atomic E-state index is 0. The standard InChI is InChI=1S/C20H36N.ClH/c1-4-6-8-13-17-21(3,18-14-9-7-5-2)19-20-15-11-10-12-16-20;/h10-12,15-16H,4-9,13-14,17-19H2,1-3H3;1H/q+1;/p-1. The normalized spacial score (nSPS) is 11.2. The number of unbranched alkanes of at least 4 members (excludes halogenated alkanes) is 6. The molecular formula is C20H36ClN. The fourth-order valence-electron chi connectivity index (χ4n) is 3.13. The van der Waals surface area contributed by atoms with E-state index in [4.69, 9.17) is 0 Å². The molecule has 1 aromatic carbocycles. The maximum absolute atomic E-state index is 2.46. The Morgan fingerprint density at radius 2 is 1.23 bits per heavy atom. The van der Waals surface area contributed by atoms with E-state index in [0.29, 0.717) is 0 Å². The largest absolute Gasteiger partial charge is 1.00 e. The summed E-state index contributed by atoms with van der Waals surface area (Å²) in [5.41, 5.74) is 1.49. The number of rotatable bonds is 12. The van der Waals surface area contributed by atoms with Crippen molar-refractivity contribution >= 4 is 0 Å². The van der Waals surface area contributed by atoms with Gasteiger partial charge >= 0.3 is 0 Å². The lowest BCUT2D eigenvalue weighted by Gasteiger charge is -2.35. The Bertz CT molecular complexity index is 338. The van der Waals surface area contributed by atoms with E-state index in [0.717, 1.165) is 0 Å². The number of quaternary nitrogens is 1. The molecule has 0 amide bonds. The Morgan fingerprint density at radius 1 is 0.727 bits per heavy atom. The zero-order valence-electron chi connectivity index (χ0n) is 15.0. The Morgan fingerprint density at radius 3 is 1.68 bits per heavy atom. The number of hydrogen-bond donors (Lipinski definition) is 0. The summed E-state index contributed by atoms with van der Waals surface area (Å²) in [6.07, 6.45) is 11.0. The van der Waals surface area contributed by atoms with Crippen LogP contribution in [0.25, 0.3) is 0 Å². The van der Waals surface area contributed by atoms with Crippen molar-refractivity contribution in [2.45, 2.75) is 71.8 Å². The Hall–Kier alpha value is -0.530. The van der Waals surface area contributed by atoms with Crippen LogP contribution in [0.15, 0.2) is 30.3 Å². The molecule has 0 atom stereocenters. The van der Waals surface area contributed by atoms with Gasteiger partial charge in [-0.1, -0.05) is 69.9 Å². The second kappa shape index (κ2) is 13.0. The summed E-state index contributed by atoms with van der Waals surface area (Å²) >= 11 is 0. The summed E-state index contributed by atoms with van der Waals surface area (Å²) in [6.45, 7) is 8.45. The van der Waals surface area contributed by atoms with E-state index in [9.17, 15) is 0 Å². The molecule has 0 saturated carbocycles. The second-order valence-corrected chi connectivity index (χ2v) is 6.83. The van der Waals surface area contributed by atoms with Crippen molar-refractivity contribution in [2.24, 2.45) is 0 Å². The third-order valence-electron chi connectivity index (χ3n) is 4.51. The van der Waals surface area contributed by atoms with Gasteiger partial charge in [-0.25, -0.2) is 0 Å². The maximum Gasteiger partial charge on any atom is 0.104 e. The molecule has 0 N–H and O–H groups in total. The highest BCUT2D eigenvalue weighted by Gasteiger charge is 2.21. The Kier molecular flexibility index (Phi) is 12.6. The van der Waals surface area contributed by atoms with E-state index in [1.165, 1.54) is 81.0 Å². The van der Waals surface area contributed by atoms with Gasteiger partial charge in [0.25, 0.3) is 0 Å². The highest BCUT2D eigenvalue weighted by atomic mass is 35.5. The van der Waals surface area contributed by atoms with Crippen LogP contribution in [-0.4, -0.2) is 24.6 Å². The monoisotopic (exact) mass is 325 g/mol. The first-order chi connectivity index (χ1) is 10.2. The third-order valence-corrected chi connectivity index (χ3v) is 4.51. The van der Waals surface area contributed by atoms with Crippen molar-refractivity contribution in [1.82, 2.24) is 0 Å². The zero-order chi connectivity index (χ0) is 15.4. The summed E-state index contributed by atoms with van der Waals surface area (Å²) in [5, 5.41) is 0. The maximum atomic E-state index is 2.46. The van der Waals surface area contributed by atoms with Crippen molar-refractivity contribution in [3.05, 3.63) is 35.9 Å². The molecule has 0 aliphatic carbocycles. The lowest BCUT2D eigenvalue weighted by atomic mass is 10.1. The molecule has 0 spiro atoms. The van der Waals surface area contributed by atoms with Gasteiger partial charge in [-0.2, -0.15) is 0 Å². The van der Waals surface area contributed by atoms with E-state index in [1.807, 2.05) is 0 Å². The molecule has 1 rings (SSSR count). The first kappa shape index (κ1) is 21.5. The van der Waals surface area contributed by atoms with Crippen LogP contribution in [0, 0.1) is 0 Å². The van der Waals surface area contributed by atoms with Gasteiger partial charge in [0.2, 0.25) is 0 Å². The minimum atomic E-state index is 0. The SMILES string of the molecule is CCCCCC[N+](C)(CCCCCC)Cc1ccccc1.[Cl-]. The van der Waals surface area contributed by atoms with Gasteiger partial charge in [0.1, 0.15) is 6.54 Å². The molecular weight excluding hydrogens is 290 g/mol. The molecule has 0 aliphatic rings. The van der Waals surface area contributed by atoms with Crippen molar-refractivity contribution in [2.75, 3.05) is 20.1 Å². The van der Waals surface area contributed by atoms with Crippen LogP contribution in [-0.2, 0) is 6.54 Å². The van der Waals surface area contributed by atoms with Crippen molar-refractivity contribution in [1.29, 1.82) is 0 Å². The Balaban J connectivity index is 0.00000441. The fourth-order valence-corrected chi connectivity index (χ4v) is 3.13. The average Bonchev–Trinajstić information content (AvgIpc) is 2.49. The number of nitrogens with zero attached hydrogens (tertiary/aromatic N) is 1. The van der Waals surface area contributed by atoms with Gasteiger partial charge in [0.05, 0.1) is 20.1 Å². The number of hydrogen-bond acceptors (Lipinski definition) is 0. The van der Waals surface area contributed by atoms with Gasteiger partial charge in [-0.15, -0.1) is 0 Å². The molecule has 0 fully saturated rings. The summed E-state index contributed by atoms with van der Waals surface area (Å²) in [7, 11) is 2.46. The average molecular weight is 326 g/mol. The van der Waals surface area contributed by atoms with Crippen LogP contribution in [0.1, 0.15) is 70.8 Å². The molecule has 0 aromatic heterocycles. The summed E-state index contributed by atoms with van der Waals surface area (Å²) in [4.78, 5) is 0. The van der Waals surface area contributed by atoms with E-state index in [-0.39, 0.29) is 12.4 Å². The van der Waals surface area contributed by atoms with Crippen LogP contribution in [0.3, 0.4) is 0 Å². The quantitative estimate of drug-likeness (QED) is 0.409. The second-order valence-electron chi connectivity index (χ2n) is 6.83. The molecule has 128 valence electrons. The minimum Gasteiger partial charge on any atom is -1.00 e. The van der Waals surface area contributed by atoms with Crippen molar-refractivity contribution in [3.8, 4) is 0 Å². The van der Waals surface area contributed by atoms with Crippen LogP contribution < -0.4 is 12.4 Å². The molecule has 0 heterocycles.